The summed E-state index contributed by atoms with van der Waals surface area (Å²) < 4.78 is 0. The van der Waals surface area contributed by atoms with Crippen LogP contribution in [0.25, 0.3) is 0 Å². The molecule has 1 aromatic rings. The fourth-order valence-electron chi connectivity index (χ4n) is 0.886. The van der Waals surface area contributed by atoms with Crippen LogP contribution in [0.1, 0.15) is 12.0 Å². The number of aliphatic hydroxyl groups excluding tert-OH is 1. The summed E-state index contributed by atoms with van der Waals surface area (Å²) in [4.78, 5) is 0. The molecule has 0 aromatic carbocycles. The Balaban J connectivity index is 2.23. The number of hydrogen-bond acceptors (Lipinski definition) is 3. The van der Waals surface area contributed by atoms with Crippen molar-refractivity contribution in [2.45, 2.75) is 18.9 Å². The Morgan fingerprint density at radius 3 is 3.00 bits per heavy atom. The number of hydrogen-bond donors (Lipinski definition) is 2. The molecule has 3 N–H and O–H groups in total. The van der Waals surface area contributed by atoms with Gasteiger partial charge in [-0.25, -0.2) is 0 Å². The van der Waals surface area contributed by atoms with Gasteiger partial charge in [0.2, 0.25) is 0 Å². The van der Waals surface area contributed by atoms with Gasteiger partial charge in [0.25, 0.3) is 0 Å². The Morgan fingerprint density at radius 2 is 2.45 bits per heavy atom. The molecule has 0 fully saturated rings. The summed E-state index contributed by atoms with van der Waals surface area (Å²) in [6.45, 7) is 0.365. The van der Waals surface area contributed by atoms with Gasteiger partial charge in [0, 0.05) is 6.54 Å². The number of nitrogens with two attached hydrogens (primary N) is 1. The third-order valence-electron chi connectivity index (χ3n) is 1.62. The number of aryl methyl sites for hydroxylation is 1. The number of aliphatic hydroxyl groups is 1. The van der Waals surface area contributed by atoms with Crippen molar-refractivity contribution < 1.29 is 5.11 Å². The largest absolute Gasteiger partial charge is 0.392 e. The van der Waals surface area contributed by atoms with Crippen LogP contribution in [0.2, 0.25) is 0 Å². The molecule has 0 amide bonds. The van der Waals surface area contributed by atoms with Crippen LogP contribution in [-0.4, -0.2) is 17.8 Å². The van der Waals surface area contributed by atoms with Crippen LogP contribution in [0.3, 0.4) is 0 Å². The highest BCUT2D eigenvalue weighted by atomic mass is 32.1. The van der Waals surface area contributed by atoms with Gasteiger partial charge in [0.1, 0.15) is 0 Å². The van der Waals surface area contributed by atoms with Gasteiger partial charge in [0.15, 0.2) is 0 Å². The smallest absolute Gasteiger partial charge is 0.0665 e. The normalized spacial score (nSPS) is 13.3. The Morgan fingerprint density at radius 1 is 1.64 bits per heavy atom. The highest BCUT2D eigenvalue weighted by Crippen LogP contribution is 2.09. The van der Waals surface area contributed by atoms with Crippen molar-refractivity contribution in [3.8, 4) is 0 Å². The van der Waals surface area contributed by atoms with Gasteiger partial charge in [-0.05, 0) is 35.2 Å². The molecule has 0 aliphatic rings. The maximum Gasteiger partial charge on any atom is 0.0665 e. The molecule has 0 radical (unpaired) electrons. The molecule has 62 valence electrons. The zero-order valence-corrected chi connectivity index (χ0v) is 7.18. The van der Waals surface area contributed by atoms with Crippen molar-refractivity contribution in [1.29, 1.82) is 0 Å². The lowest BCUT2D eigenvalue weighted by molar-refractivity contribution is 0.173. The van der Waals surface area contributed by atoms with Crippen molar-refractivity contribution in [3.63, 3.8) is 0 Å². The highest BCUT2D eigenvalue weighted by Gasteiger charge is 2.00. The molecule has 1 aromatic heterocycles. The third kappa shape index (κ3) is 3.01. The molecule has 1 heterocycles. The first-order valence-electron chi connectivity index (χ1n) is 3.72. The summed E-state index contributed by atoms with van der Waals surface area (Å²) in [5, 5.41) is 13.3. The van der Waals surface area contributed by atoms with Crippen LogP contribution in [0.5, 0.6) is 0 Å². The second-order valence-electron chi connectivity index (χ2n) is 2.56. The molecular weight excluding hydrogens is 158 g/mol. The van der Waals surface area contributed by atoms with Crippen LogP contribution < -0.4 is 5.73 Å². The average Bonchev–Trinajstić information content (AvgIpc) is 2.52. The Bertz CT molecular complexity index is 186. The molecule has 1 rings (SSSR count). The number of thiophene rings is 1. The van der Waals surface area contributed by atoms with E-state index in [1.807, 2.05) is 5.38 Å². The minimum Gasteiger partial charge on any atom is -0.392 e. The first-order chi connectivity index (χ1) is 5.33. The molecule has 2 nitrogen and oxygen atoms in total. The summed E-state index contributed by atoms with van der Waals surface area (Å²) in [6.07, 6.45) is 1.37. The molecule has 0 bridgehead atoms. The van der Waals surface area contributed by atoms with E-state index in [0.717, 1.165) is 12.8 Å². The van der Waals surface area contributed by atoms with Gasteiger partial charge in [-0.15, -0.1) is 0 Å². The lowest BCUT2D eigenvalue weighted by Gasteiger charge is -2.04. The van der Waals surface area contributed by atoms with Gasteiger partial charge in [-0.2, -0.15) is 11.3 Å². The average molecular weight is 171 g/mol. The van der Waals surface area contributed by atoms with Crippen LogP contribution in [0.4, 0.5) is 0 Å². The van der Waals surface area contributed by atoms with Crippen LogP contribution in [0.15, 0.2) is 16.8 Å². The third-order valence-corrected chi connectivity index (χ3v) is 2.35. The van der Waals surface area contributed by atoms with Crippen molar-refractivity contribution in [2.24, 2.45) is 5.73 Å². The van der Waals surface area contributed by atoms with Crippen LogP contribution in [-0.2, 0) is 6.42 Å². The SMILES string of the molecule is NC[C@@H](O)CCc1ccsc1. The molecule has 0 aliphatic carbocycles. The molecule has 0 unspecified atom stereocenters. The monoisotopic (exact) mass is 171 g/mol. The Labute approximate surface area is 70.7 Å². The summed E-state index contributed by atoms with van der Waals surface area (Å²) in [5.41, 5.74) is 6.56. The quantitative estimate of drug-likeness (QED) is 0.710. The molecule has 1 atom stereocenters. The van der Waals surface area contributed by atoms with E-state index in [9.17, 15) is 0 Å². The summed E-state index contributed by atoms with van der Waals surface area (Å²) in [6, 6.07) is 2.08. The van der Waals surface area contributed by atoms with E-state index in [-0.39, 0.29) is 6.10 Å². The Hall–Kier alpha value is -0.380. The van der Waals surface area contributed by atoms with Crippen molar-refractivity contribution >= 4 is 11.3 Å². The number of rotatable bonds is 4. The van der Waals surface area contributed by atoms with Gasteiger partial charge < -0.3 is 10.8 Å². The molecule has 11 heavy (non-hydrogen) atoms. The predicted octanol–water partition coefficient (Wildman–Crippen LogP) is 1.00. The lowest BCUT2D eigenvalue weighted by Crippen LogP contribution is -2.19. The van der Waals surface area contributed by atoms with E-state index in [0.29, 0.717) is 6.54 Å². The maximum atomic E-state index is 9.14. The predicted molar refractivity (Wildman–Crippen MR) is 47.7 cm³/mol. The molecular formula is C8H13NOS. The maximum absolute atomic E-state index is 9.14. The van der Waals surface area contributed by atoms with Crippen molar-refractivity contribution in [1.82, 2.24) is 0 Å². The molecule has 0 aliphatic heterocycles. The van der Waals surface area contributed by atoms with Gasteiger partial charge >= 0.3 is 0 Å². The molecule has 0 saturated carbocycles. The standard InChI is InChI=1S/C8H13NOS/c9-5-8(10)2-1-7-3-4-11-6-7/h3-4,6,8,10H,1-2,5,9H2/t8-/m0/s1. The summed E-state index contributed by atoms with van der Waals surface area (Å²) >= 11 is 1.69. The van der Waals surface area contributed by atoms with Gasteiger partial charge in [-0.1, -0.05) is 0 Å². The highest BCUT2D eigenvalue weighted by molar-refractivity contribution is 7.07. The molecule has 3 heteroatoms. The summed E-state index contributed by atoms with van der Waals surface area (Å²) in [7, 11) is 0. The van der Waals surface area contributed by atoms with Crippen molar-refractivity contribution in [2.75, 3.05) is 6.54 Å². The zero-order chi connectivity index (χ0) is 8.10. The van der Waals surface area contributed by atoms with Gasteiger partial charge in [0.05, 0.1) is 6.10 Å². The minimum atomic E-state index is -0.338. The van der Waals surface area contributed by atoms with E-state index in [1.54, 1.807) is 11.3 Å². The second kappa shape index (κ2) is 4.49. The van der Waals surface area contributed by atoms with E-state index >= 15 is 0 Å². The van der Waals surface area contributed by atoms with Crippen LogP contribution in [0, 0.1) is 0 Å². The second-order valence-corrected chi connectivity index (χ2v) is 3.34. The topological polar surface area (TPSA) is 46.2 Å². The van der Waals surface area contributed by atoms with E-state index in [2.05, 4.69) is 11.4 Å². The van der Waals surface area contributed by atoms with Crippen LogP contribution >= 0.6 is 11.3 Å². The first-order valence-corrected chi connectivity index (χ1v) is 4.66. The Kier molecular flexibility index (Phi) is 3.56. The molecule has 0 saturated heterocycles. The molecule has 0 spiro atoms. The van der Waals surface area contributed by atoms with Crippen molar-refractivity contribution in [3.05, 3.63) is 22.4 Å². The fraction of sp³-hybridized carbons (Fsp3) is 0.500. The minimum absolute atomic E-state index is 0.338. The van der Waals surface area contributed by atoms with E-state index < -0.39 is 0 Å². The zero-order valence-electron chi connectivity index (χ0n) is 6.36. The summed E-state index contributed by atoms with van der Waals surface area (Å²) in [5.74, 6) is 0. The van der Waals surface area contributed by atoms with Gasteiger partial charge in [-0.3, -0.25) is 0 Å². The fourth-order valence-corrected chi connectivity index (χ4v) is 1.59. The van der Waals surface area contributed by atoms with E-state index in [4.69, 9.17) is 10.8 Å². The first kappa shape index (κ1) is 8.71. The van der Waals surface area contributed by atoms with E-state index in [1.165, 1.54) is 5.56 Å². The lowest BCUT2D eigenvalue weighted by atomic mass is 10.1.